The van der Waals surface area contributed by atoms with Gasteiger partial charge in [0.1, 0.15) is 22.3 Å². The SMILES string of the molecule is CC(C)(C)c1ccc(Nc2cc3oc4ccc(C(C)(C)C)cc4c3cc2-c2c3c4c(c5cc(C(C)(C)C)ccc5n4-c4cc5c(-c6ccccc6)c(-c6ccccc6)sc5cc4[B]3)c3oc4ccccc4c23)cc1. The quantitative estimate of drug-likeness (QED) is 0.175. The van der Waals surface area contributed by atoms with Crippen LogP contribution in [0.4, 0.5) is 11.4 Å². The number of aromatic nitrogens is 1. The van der Waals surface area contributed by atoms with Crippen molar-refractivity contribution in [3.8, 4) is 38.4 Å². The summed E-state index contributed by atoms with van der Waals surface area (Å²) in [4.78, 5) is 1.27. The molecule has 1 N–H and O–H groups in total. The van der Waals surface area contributed by atoms with E-state index in [1.165, 1.54) is 59.2 Å². The van der Waals surface area contributed by atoms with E-state index in [0.29, 0.717) is 0 Å². The second-order valence-electron chi connectivity index (χ2n) is 23.6. The second kappa shape index (κ2) is 15.9. The predicted octanol–water partition coefficient (Wildman–Crippen LogP) is 18.4. The molecule has 0 aliphatic carbocycles. The first-order valence-corrected chi connectivity index (χ1v) is 26.8. The second-order valence-corrected chi connectivity index (χ2v) is 24.7. The van der Waals surface area contributed by atoms with E-state index in [0.717, 1.165) is 93.9 Å². The Morgan fingerprint density at radius 2 is 1.11 bits per heavy atom. The molecule has 0 amide bonds. The van der Waals surface area contributed by atoms with Gasteiger partial charge in [0.15, 0.2) is 7.28 Å². The summed E-state index contributed by atoms with van der Waals surface area (Å²) in [5, 5.41) is 11.9. The lowest BCUT2D eigenvalue weighted by Gasteiger charge is -2.25. The molecule has 5 heterocycles. The van der Waals surface area contributed by atoms with Gasteiger partial charge in [-0.1, -0.05) is 171 Å². The lowest BCUT2D eigenvalue weighted by molar-refractivity contribution is 0.590. The third-order valence-electron chi connectivity index (χ3n) is 15.7. The number of hydrogen-bond acceptors (Lipinski definition) is 4. The zero-order valence-corrected chi connectivity index (χ0v) is 44.2. The van der Waals surface area contributed by atoms with Crippen LogP contribution in [0.5, 0.6) is 0 Å². The molecule has 1 aliphatic rings. The van der Waals surface area contributed by atoms with Crippen LogP contribution < -0.4 is 16.2 Å². The molecule has 0 saturated carbocycles. The number of anilines is 2. The Balaban J connectivity index is 1.14. The van der Waals surface area contributed by atoms with Crippen molar-refractivity contribution in [2.24, 2.45) is 0 Å². The summed E-state index contributed by atoms with van der Waals surface area (Å²) >= 11 is 1.88. The summed E-state index contributed by atoms with van der Waals surface area (Å²) in [5.41, 5.74) is 20.9. The van der Waals surface area contributed by atoms with Crippen LogP contribution >= 0.6 is 11.3 Å². The predicted molar refractivity (Wildman–Crippen MR) is 318 cm³/mol. The molecule has 6 heteroatoms. The minimum Gasteiger partial charge on any atom is -0.456 e. The average molecular weight is 976 g/mol. The van der Waals surface area contributed by atoms with Crippen LogP contribution in [-0.4, -0.2) is 11.8 Å². The lowest BCUT2D eigenvalue weighted by atomic mass is 9.58. The fraction of sp³-hybridized carbons (Fsp3) is 0.176. The summed E-state index contributed by atoms with van der Waals surface area (Å²) in [5.74, 6) is 0. The number of nitrogens with one attached hydrogen (secondary N) is 1. The molecule has 0 spiro atoms. The van der Waals surface area contributed by atoms with Crippen LogP contribution in [0.15, 0.2) is 179 Å². The van der Waals surface area contributed by atoms with E-state index in [9.17, 15) is 0 Å². The molecular formula is C68H56BN2O2S. The maximum absolute atomic E-state index is 7.32. The first-order valence-electron chi connectivity index (χ1n) is 26.0. The zero-order valence-electron chi connectivity index (χ0n) is 43.4. The standard InChI is InChI=1S/C68H56BN2O2S/c1-66(2,3)40-24-28-43(29-25-40)70-51-37-56-46(45-32-42(68(7,8)9)27-31-55(45)72-56)34-47(51)59-60-44-22-16-17-23-54(44)73-64(60)61-48-33-41(67(4,5)6)26-30-52(48)71-53-35-49-57(36-50(53)69-62(59)63(61)71)74-65(39-20-14-11-15-21-39)58(49)38-18-12-10-13-19-38/h10-37,70H,1-9H3. The van der Waals surface area contributed by atoms with Crippen molar-refractivity contribution in [2.75, 3.05) is 5.32 Å². The maximum Gasteiger partial charge on any atom is 0.198 e. The zero-order chi connectivity index (χ0) is 50.6. The highest BCUT2D eigenvalue weighted by Gasteiger charge is 2.34. The van der Waals surface area contributed by atoms with E-state index in [4.69, 9.17) is 8.83 Å². The molecule has 0 atom stereocenters. The highest BCUT2D eigenvalue weighted by Crippen LogP contribution is 2.51. The van der Waals surface area contributed by atoms with E-state index in [1.54, 1.807) is 0 Å². The van der Waals surface area contributed by atoms with E-state index in [1.807, 2.05) is 11.3 Å². The number of hydrogen-bond donors (Lipinski definition) is 1. The van der Waals surface area contributed by atoms with Gasteiger partial charge in [-0.25, -0.2) is 0 Å². The smallest absolute Gasteiger partial charge is 0.198 e. The third-order valence-corrected chi connectivity index (χ3v) is 16.9. The number of para-hydroxylation sites is 1. The number of benzene rings is 9. The Kier molecular flexibility index (Phi) is 9.61. The topological polar surface area (TPSA) is 43.2 Å². The minimum absolute atomic E-state index is 0.0218. The van der Waals surface area contributed by atoms with Crippen molar-refractivity contribution in [1.29, 1.82) is 0 Å². The number of thiophene rings is 1. The maximum atomic E-state index is 7.32. The summed E-state index contributed by atoms with van der Waals surface area (Å²) in [6.45, 7) is 20.6. The van der Waals surface area contributed by atoms with Crippen LogP contribution in [-0.2, 0) is 16.2 Å². The molecule has 0 fully saturated rings. The summed E-state index contributed by atoms with van der Waals surface area (Å²) in [6, 6.07) is 62.8. The van der Waals surface area contributed by atoms with Crippen molar-refractivity contribution < 1.29 is 8.83 Å². The average Bonchev–Trinajstić information content (AvgIpc) is 4.15. The fourth-order valence-electron chi connectivity index (χ4n) is 11.7. The van der Waals surface area contributed by atoms with Crippen LogP contribution in [0.1, 0.15) is 79.0 Å². The molecule has 13 aromatic rings. The molecule has 0 saturated heterocycles. The highest BCUT2D eigenvalue weighted by atomic mass is 32.1. The number of fused-ring (bicyclic) bond motifs is 13. The Morgan fingerprint density at radius 3 is 1.82 bits per heavy atom. The summed E-state index contributed by atoms with van der Waals surface area (Å²) in [6.07, 6.45) is 0. The molecule has 14 rings (SSSR count). The van der Waals surface area contributed by atoms with Crippen LogP contribution in [0.3, 0.4) is 0 Å². The van der Waals surface area contributed by atoms with Crippen LogP contribution in [0.25, 0.3) is 114 Å². The van der Waals surface area contributed by atoms with Crippen LogP contribution in [0.2, 0.25) is 0 Å². The highest BCUT2D eigenvalue weighted by molar-refractivity contribution is 7.23. The van der Waals surface area contributed by atoms with Gasteiger partial charge in [0.25, 0.3) is 0 Å². The van der Waals surface area contributed by atoms with Crippen molar-refractivity contribution in [2.45, 2.75) is 78.6 Å². The molecule has 4 aromatic heterocycles. The van der Waals surface area contributed by atoms with Gasteiger partial charge in [0.2, 0.25) is 0 Å². The molecule has 4 nitrogen and oxygen atoms in total. The van der Waals surface area contributed by atoms with Gasteiger partial charge in [-0.3, -0.25) is 0 Å². The third kappa shape index (κ3) is 6.87. The normalized spacial score (nSPS) is 13.0. The van der Waals surface area contributed by atoms with E-state index >= 15 is 0 Å². The first kappa shape index (κ1) is 44.9. The molecule has 0 unspecified atom stereocenters. The Bertz CT molecular complexity index is 4450. The van der Waals surface area contributed by atoms with E-state index in [-0.39, 0.29) is 16.2 Å². The van der Waals surface area contributed by atoms with Gasteiger partial charge in [-0.05, 0) is 116 Å². The van der Waals surface area contributed by atoms with E-state index < -0.39 is 0 Å². The number of rotatable bonds is 5. The minimum atomic E-state index is -0.0782. The van der Waals surface area contributed by atoms with Gasteiger partial charge in [-0.2, -0.15) is 0 Å². The van der Waals surface area contributed by atoms with Crippen molar-refractivity contribution in [3.05, 3.63) is 187 Å². The Morgan fingerprint density at radius 1 is 0.486 bits per heavy atom. The summed E-state index contributed by atoms with van der Waals surface area (Å²) in [7, 11) is 2.48. The van der Waals surface area contributed by atoms with Gasteiger partial charge in [0, 0.05) is 70.5 Å². The van der Waals surface area contributed by atoms with Crippen molar-refractivity contribution in [1.82, 2.24) is 4.57 Å². The largest absolute Gasteiger partial charge is 0.456 e. The lowest BCUT2D eigenvalue weighted by Crippen LogP contribution is -2.37. The van der Waals surface area contributed by atoms with Crippen molar-refractivity contribution >= 4 is 117 Å². The van der Waals surface area contributed by atoms with Crippen LogP contribution in [0, 0.1) is 0 Å². The van der Waals surface area contributed by atoms with E-state index in [2.05, 4.69) is 249 Å². The molecule has 359 valence electrons. The molecule has 74 heavy (non-hydrogen) atoms. The van der Waals surface area contributed by atoms with Crippen molar-refractivity contribution in [3.63, 3.8) is 0 Å². The monoisotopic (exact) mass is 975 g/mol. The first-order chi connectivity index (χ1) is 35.6. The molecular weight excluding hydrogens is 920 g/mol. The molecule has 9 aromatic carbocycles. The molecule has 0 bridgehead atoms. The van der Waals surface area contributed by atoms with Gasteiger partial charge >= 0.3 is 0 Å². The van der Waals surface area contributed by atoms with Gasteiger partial charge < -0.3 is 18.7 Å². The molecule has 1 radical (unpaired) electrons. The number of nitrogens with zero attached hydrogens (tertiary/aromatic N) is 1. The fourth-order valence-corrected chi connectivity index (χ4v) is 13.0. The summed E-state index contributed by atoms with van der Waals surface area (Å²) < 4.78 is 18.0. The Hall–Kier alpha value is -7.80. The Labute approximate surface area is 436 Å². The number of furan rings is 2. The molecule has 1 aliphatic heterocycles. The van der Waals surface area contributed by atoms with Gasteiger partial charge in [0.05, 0.1) is 22.1 Å². The van der Waals surface area contributed by atoms with Gasteiger partial charge in [-0.15, -0.1) is 11.3 Å².